The predicted molar refractivity (Wildman–Crippen MR) is 421 cm³/mol. The number of alkyl halides is 6. The quantitative estimate of drug-likeness (QED) is 0.0219. The first-order chi connectivity index (χ1) is 55.9. The largest absolute Gasteiger partial charge is 0.507 e. The number of aromatic hydroxyl groups is 1. The topological polar surface area (TPSA) is 377 Å². The zero-order valence-corrected chi connectivity index (χ0v) is 66.1. The number of ether oxygens (including phenoxy) is 3. The van der Waals surface area contributed by atoms with Crippen LogP contribution < -0.4 is 24.4 Å². The number of hydrogen-bond acceptors (Lipinski definition) is 21. The number of halogens is 6. The summed E-state index contributed by atoms with van der Waals surface area (Å²) in [6.07, 6.45) is 8.87. The van der Waals surface area contributed by atoms with E-state index in [0.717, 1.165) is 78.2 Å². The fraction of sp³-hybridized carbons (Fsp3) is 0.317. The summed E-state index contributed by atoms with van der Waals surface area (Å²) in [5.41, 5.74) is 4.75. The molecule has 118 heavy (non-hydrogen) atoms. The third-order valence-electron chi connectivity index (χ3n) is 17.7. The molecule has 0 saturated heterocycles. The number of nitrogens with one attached hydrogen (secondary N) is 1. The number of nitro groups is 2. The number of carboxylic acids is 1. The molecule has 2 aliphatic rings. The van der Waals surface area contributed by atoms with Gasteiger partial charge in [-0.1, -0.05) is 130 Å². The Balaban J connectivity index is 0.000000214. The SMILES string of the molecule is CN(C)C(=O)c1ccc(N(Cc2cnc(C3CCCCC3)cn2)C(=O)C(F)(F)F)cc1OCc1ccccc1.CN(C)C(=O)c1ccc(NC(=O)C(F)(F)F)cc1OCc1ccccc1.CN(C)C(=O)c1ccc([N+](=O)[O-])cc1OCc1ccccc1.CS(=O)(=O)OCc1cnc(C2CCCCC2)cn1.O=C(O)c1ccc([N+](=O)[O-])cc1O. The van der Waals surface area contributed by atoms with Crippen LogP contribution in [0.3, 0.4) is 0 Å². The number of amides is 5. The van der Waals surface area contributed by atoms with E-state index in [1.54, 1.807) is 66.2 Å². The molecule has 2 fully saturated rings. The van der Waals surface area contributed by atoms with Crippen LogP contribution in [-0.2, 0) is 56.9 Å². The van der Waals surface area contributed by atoms with Gasteiger partial charge in [0.1, 0.15) is 55.0 Å². The Labute approximate surface area is 675 Å². The molecular formula is C82H87F6N11O18S. The molecule has 2 aliphatic carbocycles. The third-order valence-corrected chi connectivity index (χ3v) is 18.3. The molecule has 2 aromatic heterocycles. The van der Waals surface area contributed by atoms with Crippen molar-refractivity contribution in [2.75, 3.05) is 58.8 Å². The summed E-state index contributed by atoms with van der Waals surface area (Å²) in [5.74, 6) is -5.97. The van der Waals surface area contributed by atoms with Crippen molar-refractivity contribution in [2.45, 2.75) is 121 Å². The van der Waals surface area contributed by atoms with Gasteiger partial charge in [-0.3, -0.25) is 73.2 Å². The molecule has 0 unspecified atom stereocenters. The highest BCUT2D eigenvalue weighted by Gasteiger charge is 2.44. The van der Waals surface area contributed by atoms with Crippen LogP contribution in [-0.4, -0.2) is 160 Å². The first-order valence-electron chi connectivity index (χ1n) is 36.5. The lowest BCUT2D eigenvalue weighted by molar-refractivity contribution is -0.385. The van der Waals surface area contributed by atoms with E-state index in [1.807, 2.05) is 91.0 Å². The van der Waals surface area contributed by atoms with Crippen molar-refractivity contribution in [1.29, 1.82) is 0 Å². The molecule has 7 aromatic carbocycles. The van der Waals surface area contributed by atoms with Crippen LogP contribution in [0.1, 0.15) is 157 Å². The van der Waals surface area contributed by atoms with Crippen LogP contribution in [0.4, 0.5) is 49.1 Å². The van der Waals surface area contributed by atoms with Gasteiger partial charge in [-0.15, -0.1) is 0 Å². The fourth-order valence-electron chi connectivity index (χ4n) is 11.6. The van der Waals surface area contributed by atoms with Crippen LogP contribution in [0, 0.1) is 20.2 Å². The summed E-state index contributed by atoms with van der Waals surface area (Å²) in [7, 11) is 6.02. The second-order valence-electron chi connectivity index (χ2n) is 27.4. The number of carbonyl (C=O) groups excluding carboxylic acids is 5. The summed E-state index contributed by atoms with van der Waals surface area (Å²) < 4.78 is 122. The molecule has 2 saturated carbocycles. The Kier molecular flexibility index (Phi) is 34.1. The summed E-state index contributed by atoms with van der Waals surface area (Å²) >= 11 is 0. The Hall–Kier alpha value is -13.0. The van der Waals surface area contributed by atoms with Crippen LogP contribution in [0.2, 0.25) is 0 Å². The van der Waals surface area contributed by atoms with Crippen molar-refractivity contribution in [2.24, 2.45) is 0 Å². The maximum atomic E-state index is 13.7. The standard InChI is InChI=1S/C29H31F3N4O3.C18H17F3N2O3.C16H16N2O4.C12H18N2O3S.C7H5NO5/c1-35(2)27(37)24-14-13-23(15-26(24)39-19-20-9-5-3-6-10-20)36(28(38)29(30,31)32)18-22-16-34-25(17-33-22)21-11-7-4-8-12-21;1-23(2)16(24)14-9-8-13(22-17(25)18(19,20)21)10-15(14)26-11-12-6-4-3-5-7-12;1-17(2)16(19)14-9-8-13(18(20)21)10-15(14)22-11-12-6-4-3-5-7-12;1-18(15,16)17-9-11-7-14-12(8-13-11)10-5-3-2-4-6-10;9-6-3-4(8(12)13)1-2-5(6)7(10)11/h3,5-6,9-10,13-17,21H,4,7-8,11-12,18-19H2,1-2H3;3-10H,11H2,1-2H3,(H,22,25);3-10H,11H2,1-2H3;7-8,10H,2-6,9H2,1H3;1-3,9H,(H,10,11). The lowest BCUT2D eigenvalue weighted by atomic mass is 9.87. The van der Waals surface area contributed by atoms with E-state index < -0.39 is 62.4 Å². The maximum Gasteiger partial charge on any atom is 0.471 e. The number of benzene rings is 7. The fourth-order valence-corrected chi connectivity index (χ4v) is 11.9. The van der Waals surface area contributed by atoms with Gasteiger partial charge in [0.15, 0.2) is 0 Å². The van der Waals surface area contributed by atoms with E-state index in [2.05, 4.69) is 24.1 Å². The molecule has 36 heteroatoms. The van der Waals surface area contributed by atoms with Crippen molar-refractivity contribution in [3.63, 3.8) is 0 Å². The highest BCUT2D eigenvalue weighted by atomic mass is 32.2. The molecule has 3 N–H and O–H groups in total. The van der Waals surface area contributed by atoms with Gasteiger partial charge >= 0.3 is 30.1 Å². The van der Waals surface area contributed by atoms with Gasteiger partial charge in [0, 0.05) is 102 Å². The van der Waals surface area contributed by atoms with Crippen LogP contribution in [0.5, 0.6) is 23.0 Å². The summed E-state index contributed by atoms with van der Waals surface area (Å²) in [6, 6.07) is 42.1. The number of rotatable bonds is 24. The number of anilines is 2. The van der Waals surface area contributed by atoms with E-state index in [9.17, 15) is 83.8 Å². The van der Waals surface area contributed by atoms with E-state index in [4.69, 9.17) is 24.4 Å². The van der Waals surface area contributed by atoms with Crippen LogP contribution >= 0.6 is 0 Å². The molecule has 0 bridgehead atoms. The zero-order valence-electron chi connectivity index (χ0n) is 65.2. The minimum Gasteiger partial charge on any atom is -0.507 e. The van der Waals surface area contributed by atoms with Gasteiger partial charge in [-0.05, 0) is 78.8 Å². The van der Waals surface area contributed by atoms with Gasteiger partial charge in [-0.2, -0.15) is 34.8 Å². The third kappa shape index (κ3) is 29.1. The molecule has 29 nitrogen and oxygen atoms in total. The van der Waals surface area contributed by atoms with Crippen molar-refractivity contribution in [1.82, 2.24) is 34.6 Å². The van der Waals surface area contributed by atoms with Crippen LogP contribution in [0.25, 0.3) is 0 Å². The second-order valence-corrected chi connectivity index (χ2v) is 29.0. The highest BCUT2D eigenvalue weighted by Crippen LogP contribution is 2.36. The Morgan fingerprint density at radius 2 is 0.881 bits per heavy atom. The number of nitro benzene ring substituents is 2. The molecule has 0 aliphatic heterocycles. The Morgan fingerprint density at radius 1 is 0.492 bits per heavy atom. The van der Waals surface area contributed by atoms with Crippen molar-refractivity contribution < 1.29 is 102 Å². The number of aromatic carboxylic acids is 1. The van der Waals surface area contributed by atoms with E-state index >= 15 is 0 Å². The smallest absolute Gasteiger partial charge is 0.471 e. The van der Waals surface area contributed by atoms with E-state index in [1.165, 1.54) is 114 Å². The number of nitrogens with zero attached hydrogens (tertiary/aromatic N) is 10. The van der Waals surface area contributed by atoms with Gasteiger partial charge in [-0.25, -0.2) is 4.79 Å². The minimum atomic E-state index is -5.13. The van der Waals surface area contributed by atoms with Crippen LogP contribution in [0.15, 0.2) is 189 Å². The highest BCUT2D eigenvalue weighted by molar-refractivity contribution is 7.85. The van der Waals surface area contributed by atoms with E-state index in [0.29, 0.717) is 28.0 Å². The second kappa shape index (κ2) is 43.7. The molecule has 0 radical (unpaired) electrons. The van der Waals surface area contributed by atoms with Crippen molar-refractivity contribution >= 4 is 68.4 Å². The number of hydrogen-bond donors (Lipinski definition) is 3. The monoisotopic (exact) mass is 1660 g/mol. The summed E-state index contributed by atoms with van der Waals surface area (Å²) in [5, 5.41) is 40.3. The normalized spacial score (nSPS) is 12.7. The Bertz CT molecular complexity index is 5010. The molecule has 0 atom stereocenters. The molecule has 0 spiro atoms. The molecule has 5 amide bonds. The first kappa shape index (κ1) is 92.2. The van der Waals surface area contributed by atoms with Crippen molar-refractivity contribution in [3.05, 3.63) is 271 Å². The minimum absolute atomic E-state index is 0.0449. The molecular weight excluding hydrogens is 1570 g/mol. The maximum absolute atomic E-state index is 13.7. The number of carboxylic acid groups (broad SMARTS) is 1. The number of phenols is 1. The lowest BCUT2D eigenvalue weighted by Crippen LogP contribution is -2.41. The molecule has 2 heterocycles. The van der Waals surface area contributed by atoms with Gasteiger partial charge in [0.2, 0.25) is 0 Å². The first-order valence-corrected chi connectivity index (χ1v) is 38.3. The molecule has 626 valence electrons. The number of non-ortho nitro benzene ring substituents is 2. The molecule has 9 aromatic rings. The van der Waals surface area contributed by atoms with Gasteiger partial charge < -0.3 is 44.4 Å². The number of carbonyl (C=O) groups is 6. The molecule has 11 rings (SSSR count). The zero-order chi connectivity index (χ0) is 86.4. The van der Waals surface area contributed by atoms with Gasteiger partial charge in [0.05, 0.1) is 86.6 Å². The van der Waals surface area contributed by atoms with Crippen molar-refractivity contribution in [3.8, 4) is 23.0 Å². The predicted octanol–water partition coefficient (Wildman–Crippen LogP) is 15.2. The summed E-state index contributed by atoms with van der Waals surface area (Å²) in [4.78, 5) is 113. The number of aromatic nitrogens is 4. The summed E-state index contributed by atoms with van der Waals surface area (Å²) in [6.45, 7) is -0.0631. The average molecular weight is 1660 g/mol. The average Bonchev–Trinajstić information content (AvgIpc) is 0.808. The van der Waals surface area contributed by atoms with Gasteiger partial charge in [0.25, 0.3) is 39.2 Å². The Morgan fingerprint density at radius 3 is 1.25 bits per heavy atom. The lowest BCUT2D eigenvalue weighted by Gasteiger charge is -2.25. The van der Waals surface area contributed by atoms with E-state index in [-0.39, 0.29) is 107 Å².